The Kier molecular flexibility index (Phi) is 14.9. The number of hydrogen-bond acceptors (Lipinski definition) is 4. The van der Waals surface area contributed by atoms with E-state index >= 15 is 0 Å². The fraction of sp³-hybridized carbons (Fsp3) is 0. The molecule has 0 saturated heterocycles. The molecule has 5 nitrogen and oxygen atoms in total. The van der Waals surface area contributed by atoms with E-state index in [1.54, 1.807) is 0 Å². The molecule has 48 valence electrons. The second kappa shape index (κ2) is 7.53. The van der Waals surface area contributed by atoms with Crippen LogP contribution in [-0.2, 0) is 4.57 Å². The van der Waals surface area contributed by atoms with Crippen molar-refractivity contribution in [2.75, 3.05) is 0 Å². The summed E-state index contributed by atoms with van der Waals surface area (Å²) >= 11 is 0.917. The van der Waals surface area contributed by atoms with E-state index in [0.29, 0.717) is 0 Å². The Morgan fingerprint density at radius 1 is 1.25 bits per heavy atom. The van der Waals surface area contributed by atoms with E-state index in [4.69, 9.17) is 19.2 Å². The van der Waals surface area contributed by atoms with Crippen LogP contribution in [0.2, 0.25) is 0 Å². The number of hydrogen-bond donors (Lipinski definition) is 0. The van der Waals surface area contributed by atoms with Crippen molar-refractivity contribution in [1.29, 1.82) is 0 Å². The van der Waals surface area contributed by atoms with Crippen molar-refractivity contribution >= 4 is 24.6 Å². The zero-order valence-corrected chi connectivity index (χ0v) is 5.58. The first kappa shape index (κ1) is 15.8. The molecule has 0 aliphatic rings. The Labute approximate surface area is 53.6 Å². The Hall–Kier alpha value is 0.532. The molecular weight excluding hydrogens is 157 g/mol. The third-order valence-electron chi connectivity index (χ3n) is 0. The van der Waals surface area contributed by atoms with Crippen LogP contribution < -0.4 is 14.7 Å². The van der Waals surface area contributed by atoms with Crippen LogP contribution in [0.3, 0.4) is 0 Å². The Bertz CT molecular complexity index is 58.6. The van der Waals surface area contributed by atoms with Gasteiger partial charge in [0, 0.05) is 0 Å². The summed E-state index contributed by atoms with van der Waals surface area (Å²) in [5.74, 6) is 0. The quantitative estimate of drug-likeness (QED) is 0.267. The van der Waals surface area contributed by atoms with Gasteiger partial charge in [0.15, 0.2) is 0 Å². The zero-order valence-electron chi connectivity index (χ0n) is 3.54. The number of halogens is 1. The van der Waals surface area contributed by atoms with Crippen LogP contribution in [0.25, 0.3) is 0 Å². The van der Waals surface area contributed by atoms with E-state index in [2.05, 4.69) is 0 Å². The summed E-state index contributed by atoms with van der Waals surface area (Å²) in [5, 5.41) is 0. The summed E-state index contributed by atoms with van der Waals surface area (Å²) in [5.41, 5.74) is 0. The van der Waals surface area contributed by atoms with E-state index < -0.39 is 7.82 Å². The molecule has 0 aromatic rings. The second-order valence-corrected chi connectivity index (χ2v) is 1.34. The van der Waals surface area contributed by atoms with Crippen molar-refractivity contribution in [1.82, 2.24) is 0 Å². The van der Waals surface area contributed by atoms with Crippen LogP contribution >= 0.6 is 7.82 Å². The molecule has 0 bridgehead atoms. The van der Waals surface area contributed by atoms with Gasteiger partial charge in [0.1, 0.15) is 0 Å². The normalized spacial score (nSPS) is 8.25. The van der Waals surface area contributed by atoms with Gasteiger partial charge >= 0.3 is 20.3 Å². The van der Waals surface area contributed by atoms with Crippen LogP contribution in [0.4, 0.5) is 3.52 Å². The predicted molar refractivity (Wildman–Crippen MR) is 18.1 cm³/mol. The van der Waals surface area contributed by atoms with Crippen molar-refractivity contribution in [2.45, 2.75) is 0 Å². The maximum atomic E-state index is 9.42. The zero-order chi connectivity index (χ0) is 6.50. The first-order valence-corrected chi connectivity index (χ1v) is 2.85. The van der Waals surface area contributed by atoms with Gasteiger partial charge in [-0.1, -0.05) is 0 Å². The van der Waals surface area contributed by atoms with E-state index in [1.165, 1.54) is 0 Å². The molecule has 0 amide bonds. The maximum absolute atomic E-state index is 9.42. The molecule has 0 aromatic carbocycles. The summed E-state index contributed by atoms with van der Waals surface area (Å²) in [7, 11) is -5.39. The van der Waals surface area contributed by atoms with Gasteiger partial charge in [-0.3, -0.25) is 0 Å². The van der Waals surface area contributed by atoms with Gasteiger partial charge < -0.3 is 24.7 Å². The molecule has 0 aromatic heterocycles. The molecule has 0 saturated carbocycles. The van der Waals surface area contributed by atoms with E-state index in [0.717, 1.165) is 16.7 Å². The number of phosphoric acid groups is 1. The summed E-state index contributed by atoms with van der Waals surface area (Å²) in [6.07, 6.45) is 0. The summed E-state index contributed by atoms with van der Waals surface area (Å²) in [6, 6.07) is 0. The molecule has 0 rings (SSSR count). The van der Waals surface area contributed by atoms with Crippen molar-refractivity contribution in [3.8, 4) is 0 Å². The molecule has 8 heteroatoms. The van der Waals surface area contributed by atoms with Crippen molar-refractivity contribution in [3.05, 3.63) is 0 Å². The van der Waals surface area contributed by atoms with Crippen LogP contribution in [0.15, 0.2) is 0 Å². The van der Waals surface area contributed by atoms with Crippen LogP contribution in [0.1, 0.15) is 0 Å². The molecule has 0 aliphatic heterocycles. The Morgan fingerprint density at radius 3 is 1.25 bits per heavy atom. The summed E-state index contributed by atoms with van der Waals surface area (Å²) < 4.78 is 18.0. The fourth-order valence-corrected chi connectivity index (χ4v) is 0. The van der Waals surface area contributed by atoms with Crippen LogP contribution in [0, 0.1) is 0 Å². The van der Waals surface area contributed by atoms with Crippen molar-refractivity contribution in [3.63, 3.8) is 0 Å². The monoisotopic (exact) mass is 159 g/mol. The van der Waals surface area contributed by atoms with Gasteiger partial charge in [-0.2, -0.15) is 7.82 Å². The van der Waals surface area contributed by atoms with Gasteiger partial charge in [0.2, 0.25) is 0 Å². The van der Waals surface area contributed by atoms with E-state index in [-0.39, 0.29) is 5.48 Å². The topological polar surface area (TPSA) is 118 Å². The van der Waals surface area contributed by atoms with Gasteiger partial charge in [0.05, 0.1) is 0 Å². The molecule has 8 heavy (non-hydrogen) atoms. The number of rotatable bonds is 0. The molecule has 0 unspecified atom stereocenters. The van der Waals surface area contributed by atoms with Crippen molar-refractivity contribution in [2.24, 2.45) is 0 Å². The minimum absolute atomic E-state index is 0. The third kappa shape index (κ3) is 705. The van der Waals surface area contributed by atoms with Gasteiger partial charge in [0.25, 0.3) is 0 Å². The average molecular weight is 159 g/mol. The third-order valence-corrected chi connectivity index (χ3v) is 0. The van der Waals surface area contributed by atoms with Crippen molar-refractivity contribution < 1.29 is 28.2 Å². The van der Waals surface area contributed by atoms with Crippen LogP contribution in [0.5, 0.6) is 0 Å². The van der Waals surface area contributed by atoms with E-state index in [1.807, 2.05) is 0 Å². The van der Waals surface area contributed by atoms with Gasteiger partial charge in [-0.25, -0.2) is 0 Å². The Balaban J connectivity index is -0.0000000750. The van der Waals surface area contributed by atoms with Gasteiger partial charge in [-0.05, 0) is 0 Å². The molecule has 0 aliphatic carbocycles. The fourth-order valence-electron chi connectivity index (χ4n) is 0. The predicted octanol–water partition coefficient (Wildman–Crippen LogP) is -3.61. The molecule has 0 radical (unpaired) electrons. The van der Waals surface area contributed by atoms with E-state index in [9.17, 15) is 3.52 Å². The molecule has 0 heterocycles. The molecule has 2 N–H and O–H groups in total. The van der Waals surface area contributed by atoms with Crippen LogP contribution in [-0.4, -0.2) is 22.2 Å². The standard InChI is InChI=1S/Al.FH.H3O4P.H2O/c;;1-5(2,3)4;/h;1H;(H3,1,2,3,4);1H2/q+3;;;/p-4. The first-order valence-electron chi connectivity index (χ1n) is 0.949. The SMILES string of the molecule is O.O=P([O-])([O-])[O-].[F][Al+2]. The molecule has 0 atom stereocenters. The average Bonchev–Trinajstić information content (AvgIpc) is 1.36. The first-order chi connectivity index (χ1) is 3.00. The minimum atomic E-state index is -5.39. The van der Waals surface area contributed by atoms with Gasteiger partial charge in [-0.15, -0.1) is 0 Å². The molecule has 0 fully saturated rings. The Morgan fingerprint density at radius 2 is 1.25 bits per heavy atom. The summed E-state index contributed by atoms with van der Waals surface area (Å²) in [4.78, 5) is 25.6. The molecule has 0 spiro atoms. The second-order valence-electron chi connectivity index (χ2n) is 0.447. The summed E-state index contributed by atoms with van der Waals surface area (Å²) in [6.45, 7) is 0. The molecular formula is H2AlFO5P-.